The van der Waals surface area contributed by atoms with Crippen molar-refractivity contribution in [2.24, 2.45) is 0 Å². The van der Waals surface area contributed by atoms with Gasteiger partial charge in [0.25, 0.3) is 0 Å². The molecular weight excluding hydrogens is 981 g/mol. The van der Waals surface area contributed by atoms with E-state index in [1.165, 1.54) is 44.9 Å². The molecule has 0 saturated carbocycles. The molecule has 4 N–H and O–H groups in total. The number of aliphatic hydroxyl groups is 3. The van der Waals surface area contributed by atoms with Gasteiger partial charge in [0.2, 0.25) is 0 Å². The number of hydrogen-bond acceptors (Lipinski definition) is 11. The van der Waals surface area contributed by atoms with E-state index in [-0.39, 0.29) is 19.6 Å². The second-order valence-electron chi connectivity index (χ2n) is 18.8. The van der Waals surface area contributed by atoms with Gasteiger partial charge >= 0.3 is 16.4 Å². The van der Waals surface area contributed by atoms with Crippen LogP contribution < -0.4 is 0 Å². The summed E-state index contributed by atoms with van der Waals surface area (Å²) in [5, 5.41) is 30.8. The summed E-state index contributed by atoms with van der Waals surface area (Å²) >= 11 is 0. The van der Waals surface area contributed by atoms with E-state index in [1.807, 2.05) is 6.08 Å². The van der Waals surface area contributed by atoms with Gasteiger partial charge in [-0.25, -0.2) is 4.18 Å². The molecular formula is C63H100O12S. The van der Waals surface area contributed by atoms with Gasteiger partial charge in [-0.15, -0.1) is 0 Å². The lowest BCUT2D eigenvalue weighted by Crippen LogP contribution is -2.60. The maximum absolute atomic E-state index is 12.9. The highest BCUT2D eigenvalue weighted by molar-refractivity contribution is 7.80. The maximum Gasteiger partial charge on any atom is 0.397 e. The molecule has 1 aliphatic rings. The Morgan fingerprint density at radius 1 is 0.500 bits per heavy atom. The highest BCUT2D eigenvalue weighted by Crippen LogP contribution is 2.26. The fourth-order valence-electron chi connectivity index (χ4n) is 7.75. The van der Waals surface area contributed by atoms with E-state index < -0.39 is 59.8 Å². The summed E-state index contributed by atoms with van der Waals surface area (Å²) in [4.78, 5) is 12.9. The average Bonchev–Trinajstić information content (AvgIpc) is 3.40. The van der Waals surface area contributed by atoms with Gasteiger partial charge in [0, 0.05) is 13.0 Å². The van der Waals surface area contributed by atoms with Crippen molar-refractivity contribution in [3.63, 3.8) is 0 Å². The number of ether oxygens (including phenoxy) is 4. The highest BCUT2D eigenvalue weighted by atomic mass is 32.3. The van der Waals surface area contributed by atoms with Gasteiger partial charge in [0.15, 0.2) is 6.29 Å². The van der Waals surface area contributed by atoms with Gasteiger partial charge in [0.05, 0.1) is 19.8 Å². The largest absolute Gasteiger partial charge is 0.457 e. The van der Waals surface area contributed by atoms with E-state index in [4.69, 9.17) is 18.9 Å². The molecule has 0 bridgehead atoms. The quantitative estimate of drug-likeness (QED) is 0.0196. The predicted molar refractivity (Wildman–Crippen MR) is 312 cm³/mol. The summed E-state index contributed by atoms with van der Waals surface area (Å²) in [6.45, 7) is 3.67. The maximum atomic E-state index is 12.9. The van der Waals surface area contributed by atoms with Crippen LogP contribution in [0.3, 0.4) is 0 Å². The zero-order valence-electron chi connectivity index (χ0n) is 46.5. The lowest BCUT2D eigenvalue weighted by Gasteiger charge is -2.41. The monoisotopic (exact) mass is 1080 g/mol. The van der Waals surface area contributed by atoms with Crippen LogP contribution in [0.15, 0.2) is 146 Å². The number of carbonyl (C=O) groups is 1. The molecule has 0 radical (unpaired) electrons. The van der Waals surface area contributed by atoms with Crippen LogP contribution >= 0.6 is 0 Å². The zero-order chi connectivity index (χ0) is 55.3. The van der Waals surface area contributed by atoms with Crippen molar-refractivity contribution < 1.29 is 56.2 Å². The molecule has 6 unspecified atom stereocenters. The highest BCUT2D eigenvalue weighted by Gasteiger charge is 2.48. The molecule has 0 amide bonds. The van der Waals surface area contributed by atoms with Crippen LogP contribution in [-0.2, 0) is 38.3 Å². The molecule has 12 nitrogen and oxygen atoms in total. The first-order valence-electron chi connectivity index (χ1n) is 28.6. The van der Waals surface area contributed by atoms with Gasteiger partial charge in [-0.2, -0.15) is 8.42 Å². The average molecular weight is 1080 g/mol. The molecule has 0 aromatic carbocycles. The Balaban J connectivity index is 2.37. The molecule has 430 valence electrons. The normalized spacial score (nSPS) is 19.7. The molecule has 0 aromatic heterocycles. The van der Waals surface area contributed by atoms with Gasteiger partial charge in [-0.3, -0.25) is 9.35 Å². The van der Waals surface area contributed by atoms with E-state index >= 15 is 0 Å². The Kier molecular flexibility index (Phi) is 47.6. The minimum atomic E-state index is -5.09. The predicted octanol–water partition coefficient (Wildman–Crippen LogP) is 14.4. The topological polar surface area (TPSA) is 178 Å². The SMILES string of the molecule is CC/C=C\C/C=C\C/C=C\C/C=C\C/C=C\C/C=C\C/C=C\CCCC(=O)OC(COCCCCCCCCCCCC/C=C\C/C=C\C/C=C\C/C=C\C/C=C\CC)COC1OC(CO)C(O)C(OS(=O)(=O)O)C1O. The van der Waals surface area contributed by atoms with Crippen molar-refractivity contribution in [1.82, 2.24) is 0 Å². The van der Waals surface area contributed by atoms with Crippen LogP contribution in [-0.4, -0.2) is 97.5 Å². The summed E-state index contributed by atoms with van der Waals surface area (Å²) in [6, 6.07) is 0. The molecule has 0 aromatic rings. The minimum Gasteiger partial charge on any atom is -0.457 e. The Morgan fingerprint density at radius 3 is 1.26 bits per heavy atom. The van der Waals surface area contributed by atoms with E-state index in [1.54, 1.807) is 0 Å². The Bertz CT molecular complexity index is 1870. The number of rotatable bonds is 48. The van der Waals surface area contributed by atoms with Gasteiger partial charge in [0.1, 0.15) is 30.5 Å². The Hall–Kier alpha value is -4.02. The number of allylic oxidation sites excluding steroid dienone is 24. The Morgan fingerprint density at radius 2 is 0.868 bits per heavy atom. The molecule has 1 heterocycles. The second-order valence-corrected chi connectivity index (χ2v) is 19.8. The summed E-state index contributed by atoms with van der Waals surface area (Å²) < 4.78 is 59.4. The molecule has 13 heteroatoms. The smallest absolute Gasteiger partial charge is 0.397 e. The molecule has 0 aliphatic carbocycles. The first kappa shape index (κ1) is 70.0. The third kappa shape index (κ3) is 44.0. The number of esters is 1. The summed E-state index contributed by atoms with van der Waals surface area (Å²) in [5.41, 5.74) is 0. The third-order valence-electron chi connectivity index (χ3n) is 12.0. The van der Waals surface area contributed by atoms with Gasteiger partial charge in [-0.05, 0) is 109 Å². The standard InChI is InChI=1S/C63H100O12S/c1-3-5-7-9-11-13-15-17-19-21-23-25-27-28-29-31-33-35-37-39-41-43-45-47-49-51-53-71-55-57(56-72-63-61(67)62(75-76(68,69)70)60(66)58(54-64)74-63)73-59(65)52-50-48-46-44-42-40-38-36-34-32-30-26-24-22-20-18-16-14-12-10-8-6-4-2/h5-8,11-14,17-20,23-26,28-29,32,34,38,40,44,46,57-58,60-64,66-67H,3-4,9-10,15-16,21-22,27,30-31,33,35-37,39,41-43,45,47-56H2,1-2H3,(H,68,69,70)/b7-5-,8-6-,13-11-,14-12-,19-17-,20-18-,25-23-,26-24-,29-28-,34-32-,40-38-,46-44-. The van der Waals surface area contributed by atoms with E-state index in [9.17, 15) is 33.1 Å². The van der Waals surface area contributed by atoms with E-state index in [2.05, 4.69) is 158 Å². The first-order chi connectivity index (χ1) is 37.1. The number of hydrogen-bond donors (Lipinski definition) is 4. The summed E-state index contributed by atoms with van der Waals surface area (Å²) in [7, 11) is -5.09. The van der Waals surface area contributed by atoms with Gasteiger partial charge in [-0.1, -0.05) is 211 Å². The van der Waals surface area contributed by atoms with Crippen LogP contribution in [0.5, 0.6) is 0 Å². The molecule has 1 saturated heterocycles. The van der Waals surface area contributed by atoms with Crippen LogP contribution in [0, 0.1) is 0 Å². The summed E-state index contributed by atoms with van der Waals surface area (Å²) in [5.74, 6) is -0.464. The Labute approximate surface area is 460 Å². The van der Waals surface area contributed by atoms with Crippen molar-refractivity contribution in [2.75, 3.05) is 26.4 Å². The van der Waals surface area contributed by atoms with Gasteiger partial charge < -0.3 is 34.3 Å². The minimum absolute atomic E-state index is 0.00149. The lowest BCUT2D eigenvalue weighted by molar-refractivity contribution is -0.301. The second kappa shape index (κ2) is 51.7. The van der Waals surface area contributed by atoms with Crippen LogP contribution in [0.1, 0.15) is 181 Å². The molecule has 1 fully saturated rings. The molecule has 76 heavy (non-hydrogen) atoms. The molecule has 6 atom stereocenters. The number of unbranched alkanes of at least 4 members (excludes halogenated alkanes) is 11. The van der Waals surface area contributed by atoms with Crippen LogP contribution in [0.2, 0.25) is 0 Å². The van der Waals surface area contributed by atoms with Crippen molar-refractivity contribution in [3.05, 3.63) is 146 Å². The lowest BCUT2D eigenvalue weighted by atomic mass is 9.99. The fourth-order valence-corrected chi connectivity index (χ4v) is 8.26. The molecule has 0 spiro atoms. The van der Waals surface area contributed by atoms with Crippen LogP contribution in [0.4, 0.5) is 0 Å². The zero-order valence-corrected chi connectivity index (χ0v) is 47.3. The summed E-state index contributed by atoms with van der Waals surface area (Å²) in [6.07, 6.45) is 68.8. The fraction of sp³-hybridized carbons (Fsp3) is 0.603. The van der Waals surface area contributed by atoms with Crippen molar-refractivity contribution in [1.29, 1.82) is 0 Å². The number of aliphatic hydroxyl groups excluding tert-OH is 3. The molecule has 1 rings (SSSR count). The van der Waals surface area contributed by atoms with Crippen molar-refractivity contribution in [2.45, 2.75) is 218 Å². The van der Waals surface area contributed by atoms with E-state index in [0.29, 0.717) is 19.4 Å². The molecule has 1 aliphatic heterocycles. The third-order valence-corrected chi connectivity index (χ3v) is 12.4. The van der Waals surface area contributed by atoms with Crippen molar-refractivity contribution in [3.8, 4) is 0 Å². The first-order valence-corrected chi connectivity index (χ1v) is 30.0. The van der Waals surface area contributed by atoms with Crippen LogP contribution in [0.25, 0.3) is 0 Å². The number of carbonyl (C=O) groups excluding carboxylic acids is 1. The van der Waals surface area contributed by atoms with Crippen molar-refractivity contribution >= 4 is 16.4 Å². The van der Waals surface area contributed by atoms with E-state index in [0.717, 1.165) is 103 Å².